The summed E-state index contributed by atoms with van der Waals surface area (Å²) in [7, 11) is 1.95. The van der Waals surface area contributed by atoms with E-state index in [1.807, 2.05) is 67.4 Å². The molecule has 0 aliphatic rings. The molecule has 3 aromatic rings. The molecule has 25 heavy (non-hydrogen) atoms. The highest BCUT2D eigenvalue weighted by atomic mass is 16.1. The second kappa shape index (κ2) is 7.57. The van der Waals surface area contributed by atoms with E-state index in [0.717, 1.165) is 23.6 Å². The first-order chi connectivity index (χ1) is 12.1. The van der Waals surface area contributed by atoms with E-state index in [-0.39, 0.29) is 5.91 Å². The van der Waals surface area contributed by atoms with Gasteiger partial charge in [-0.15, -0.1) is 10.2 Å². The van der Waals surface area contributed by atoms with Crippen molar-refractivity contribution in [2.75, 3.05) is 17.3 Å². The molecular weight excluding hydrogens is 312 g/mol. The summed E-state index contributed by atoms with van der Waals surface area (Å²) < 4.78 is 0. The van der Waals surface area contributed by atoms with Crippen LogP contribution in [0.15, 0.2) is 66.7 Å². The minimum atomic E-state index is -0.265. The van der Waals surface area contributed by atoms with Crippen molar-refractivity contribution in [1.29, 1.82) is 0 Å². The van der Waals surface area contributed by atoms with Crippen LogP contribution in [-0.2, 0) is 6.54 Å². The molecule has 0 saturated heterocycles. The fraction of sp³-hybridized carbons (Fsp3) is 0.150. The molecule has 1 amide bonds. The second-order valence-electron chi connectivity index (χ2n) is 5.89. The van der Waals surface area contributed by atoms with Crippen molar-refractivity contribution >= 4 is 17.4 Å². The zero-order valence-electron chi connectivity index (χ0n) is 14.3. The molecule has 1 N–H and O–H groups in total. The minimum absolute atomic E-state index is 0.265. The van der Waals surface area contributed by atoms with Crippen LogP contribution < -0.4 is 10.2 Å². The number of carbonyl (C=O) groups is 1. The molecule has 0 bridgehead atoms. The molecule has 0 spiro atoms. The van der Waals surface area contributed by atoms with Crippen molar-refractivity contribution < 1.29 is 4.79 Å². The lowest BCUT2D eigenvalue weighted by Crippen LogP contribution is -2.20. The standard InChI is InChI=1S/C20H20N4O/c1-15-8-6-7-11-17(15)21-20(25)18-12-13-19(23-22-18)24(2)14-16-9-4-3-5-10-16/h3-13H,14H2,1-2H3,(H,21,25). The smallest absolute Gasteiger partial charge is 0.276 e. The highest BCUT2D eigenvalue weighted by molar-refractivity contribution is 6.03. The molecule has 0 atom stereocenters. The van der Waals surface area contributed by atoms with Gasteiger partial charge in [0.15, 0.2) is 11.5 Å². The summed E-state index contributed by atoms with van der Waals surface area (Å²) in [4.78, 5) is 14.3. The highest BCUT2D eigenvalue weighted by Crippen LogP contribution is 2.15. The molecule has 1 heterocycles. The summed E-state index contributed by atoms with van der Waals surface area (Å²) in [5.74, 6) is 0.454. The lowest BCUT2D eigenvalue weighted by atomic mass is 10.2. The van der Waals surface area contributed by atoms with Crippen molar-refractivity contribution in [1.82, 2.24) is 10.2 Å². The van der Waals surface area contributed by atoms with Gasteiger partial charge in [-0.25, -0.2) is 0 Å². The van der Waals surface area contributed by atoms with Crippen molar-refractivity contribution in [2.45, 2.75) is 13.5 Å². The molecule has 0 radical (unpaired) electrons. The Labute approximate surface area is 147 Å². The predicted molar refractivity (Wildman–Crippen MR) is 99.7 cm³/mol. The fourth-order valence-electron chi connectivity index (χ4n) is 2.49. The van der Waals surface area contributed by atoms with Gasteiger partial charge in [0.25, 0.3) is 5.91 Å². The number of nitrogens with zero attached hydrogens (tertiary/aromatic N) is 3. The third kappa shape index (κ3) is 4.20. The maximum Gasteiger partial charge on any atom is 0.276 e. The summed E-state index contributed by atoms with van der Waals surface area (Å²) in [6, 6.07) is 21.3. The molecule has 0 fully saturated rings. The molecule has 3 rings (SSSR count). The summed E-state index contributed by atoms with van der Waals surface area (Å²) in [5, 5.41) is 11.1. The number of nitrogens with one attached hydrogen (secondary N) is 1. The van der Waals surface area contributed by atoms with Crippen LogP contribution in [0.3, 0.4) is 0 Å². The van der Waals surface area contributed by atoms with E-state index in [4.69, 9.17) is 0 Å². The lowest BCUT2D eigenvalue weighted by molar-refractivity contribution is 0.102. The van der Waals surface area contributed by atoms with Gasteiger partial charge in [0.2, 0.25) is 0 Å². The van der Waals surface area contributed by atoms with E-state index in [1.165, 1.54) is 5.56 Å². The SMILES string of the molecule is Cc1ccccc1NC(=O)c1ccc(N(C)Cc2ccccc2)nn1. The van der Waals surface area contributed by atoms with E-state index in [1.54, 1.807) is 6.07 Å². The summed E-state index contributed by atoms with van der Waals surface area (Å²) in [5.41, 5.74) is 3.26. The number of para-hydroxylation sites is 1. The molecule has 1 aromatic heterocycles. The fourth-order valence-corrected chi connectivity index (χ4v) is 2.49. The Morgan fingerprint density at radius 2 is 1.68 bits per heavy atom. The van der Waals surface area contributed by atoms with Gasteiger partial charge < -0.3 is 10.2 Å². The van der Waals surface area contributed by atoms with Gasteiger partial charge in [-0.3, -0.25) is 4.79 Å². The number of amides is 1. The van der Waals surface area contributed by atoms with Crippen LogP contribution in [0.2, 0.25) is 0 Å². The molecule has 0 aliphatic heterocycles. The monoisotopic (exact) mass is 332 g/mol. The van der Waals surface area contributed by atoms with Gasteiger partial charge >= 0.3 is 0 Å². The average molecular weight is 332 g/mol. The quantitative estimate of drug-likeness (QED) is 0.774. The normalized spacial score (nSPS) is 10.3. The van der Waals surface area contributed by atoms with Gasteiger partial charge in [0, 0.05) is 19.3 Å². The highest BCUT2D eigenvalue weighted by Gasteiger charge is 2.11. The molecule has 5 nitrogen and oxygen atoms in total. The Morgan fingerprint density at radius 1 is 0.960 bits per heavy atom. The number of anilines is 2. The van der Waals surface area contributed by atoms with Crippen LogP contribution in [0.4, 0.5) is 11.5 Å². The van der Waals surface area contributed by atoms with Crippen LogP contribution in [0.5, 0.6) is 0 Å². The number of hydrogen-bond acceptors (Lipinski definition) is 4. The molecule has 0 aliphatic carbocycles. The van der Waals surface area contributed by atoms with Crippen LogP contribution in [0.1, 0.15) is 21.6 Å². The Balaban J connectivity index is 1.67. The molecular formula is C20H20N4O. The van der Waals surface area contributed by atoms with Gasteiger partial charge in [-0.2, -0.15) is 0 Å². The van der Waals surface area contributed by atoms with Crippen LogP contribution in [-0.4, -0.2) is 23.2 Å². The molecule has 0 saturated carbocycles. The number of carbonyl (C=O) groups excluding carboxylic acids is 1. The van der Waals surface area contributed by atoms with Crippen molar-refractivity contribution in [3.63, 3.8) is 0 Å². The Morgan fingerprint density at radius 3 is 2.36 bits per heavy atom. The van der Waals surface area contributed by atoms with Crippen LogP contribution in [0, 0.1) is 6.92 Å². The zero-order chi connectivity index (χ0) is 17.6. The summed E-state index contributed by atoms with van der Waals surface area (Å²) in [6.07, 6.45) is 0. The van der Waals surface area contributed by atoms with Crippen molar-refractivity contribution in [3.05, 3.63) is 83.6 Å². The summed E-state index contributed by atoms with van der Waals surface area (Å²) >= 11 is 0. The van der Waals surface area contributed by atoms with E-state index in [2.05, 4.69) is 27.6 Å². The Kier molecular flexibility index (Phi) is 5.04. The van der Waals surface area contributed by atoms with Gasteiger partial charge in [-0.05, 0) is 36.2 Å². The molecule has 126 valence electrons. The first-order valence-corrected chi connectivity index (χ1v) is 8.09. The molecule has 5 heteroatoms. The average Bonchev–Trinajstić information content (AvgIpc) is 2.64. The van der Waals surface area contributed by atoms with E-state index in [0.29, 0.717) is 5.69 Å². The Hall–Kier alpha value is -3.21. The van der Waals surface area contributed by atoms with E-state index < -0.39 is 0 Å². The van der Waals surface area contributed by atoms with E-state index >= 15 is 0 Å². The number of aryl methyl sites for hydroxylation is 1. The lowest BCUT2D eigenvalue weighted by Gasteiger charge is -2.17. The maximum absolute atomic E-state index is 12.3. The first-order valence-electron chi connectivity index (χ1n) is 8.09. The minimum Gasteiger partial charge on any atom is -0.354 e. The van der Waals surface area contributed by atoms with Gasteiger partial charge in [-0.1, -0.05) is 48.5 Å². The first kappa shape index (κ1) is 16.6. The number of hydrogen-bond donors (Lipinski definition) is 1. The maximum atomic E-state index is 12.3. The van der Waals surface area contributed by atoms with Gasteiger partial charge in [0.1, 0.15) is 0 Å². The van der Waals surface area contributed by atoms with Crippen LogP contribution >= 0.6 is 0 Å². The number of aromatic nitrogens is 2. The van der Waals surface area contributed by atoms with E-state index in [9.17, 15) is 4.79 Å². The summed E-state index contributed by atoms with van der Waals surface area (Å²) in [6.45, 7) is 2.67. The predicted octanol–water partition coefficient (Wildman–Crippen LogP) is 3.67. The second-order valence-corrected chi connectivity index (χ2v) is 5.89. The largest absolute Gasteiger partial charge is 0.354 e. The van der Waals surface area contributed by atoms with Crippen molar-refractivity contribution in [2.24, 2.45) is 0 Å². The number of rotatable bonds is 5. The van der Waals surface area contributed by atoms with Crippen LogP contribution in [0.25, 0.3) is 0 Å². The third-order valence-corrected chi connectivity index (χ3v) is 3.93. The van der Waals surface area contributed by atoms with Gasteiger partial charge in [0.05, 0.1) is 0 Å². The number of benzene rings is 2. The topological polar surface area (TPSA) is 58.1 Å². The van der Waals surface area contributed by atoms with Crippen molar-refractivity contribution in [3.8, 4) is 0 Å². The third-order valence-electron chi connectivity index (χ3n) is 3.93. The Bertz CT molecular complexity index is 847. The molecule has 0 unspecified atom stereocenters. The molecule has 2 aromatic carbocycles. The zero-order valence-corrected chi connectivity index (χ0v) is 14.3.